The molecule has 5 heteroatoms. The van der Waals surface area contributed by atoms with Crippen molar-refractivity contribution in [3.05, 3.63) is 24.0 Å². The Balaban J connectivity index is 2.26. The monoisotopic (exact) mass is 255 g/mol. The average Bonchev–Trinajstić information content (AvgIpc) is 2.82. The molecule has 0 saturated heterocycles. The Morgan fingerprint density at radius 1 is 1.21 bits per heavy atom. The summed E-state index contributed by atoms with van der Waals surface area (Å²) < 4.78 is 0. The van der Waals surface area contributed by atoms with Crippen LogP contribution in [0, 0.1) is 0 Å². The largest absolute Gasteiger partial charge is 0.399 e. The molecule has 0 fully saturated rings. The van der Waals surface area contributed by atoms with Gasteiger partial charge in [0.15, 0.2) is 0 Å². The normalized spacial score (nSPS) is 11.4. The fraction of sp³-hybridized carbons (Fsp3) is 0.286. The van der Waals surface area contributed by atoms with Crippen LogP contribution in [-0.4, -0.2) is 15.0 Å². The number of aromatic nitrogens is 3. The molecule has 0 aliphatic rings. The van der Waals surface area contributed by atoms with Crippen LogP contribution >= 0.6 is 0 Å². The Labute approximate surface area is 111 Å². The number of aryl methyl sites for hydroxylation is 1. The predicted molar refractivity (Wildman–Crippen MR) is 78.8 cm³/mol. The van der Waals surface area contributed by atoms with Gasteiger partial charge in [-0.3, -0.25) is 0 Å². The minimum absolute atomic E-state index is 0.488. The zero-order valence-corrected chi connectivity index (χ0v) is 10.9. The predicted octanol–water partition coefficient (Wildman–Crippen LogP) is 2.62. The number of anilines is 2. The lowest BCUT2D eigenvalue weighted by atomic mass is 10.1. The first kappa shape index (κ1) is 11.8. The number of nitrogens with two attached hydrogens (primary N) is 2. The number of benzene rings is 1. The van der Waals surface area contributed by atoms with Gasteiger partial charge in [-0.15, -0.1) is 0 Å². The van der Waals surface area contributed by atoms with Crippen LogP contribution in [0.2, 0.25) is 0 Å². The van der Waals surface area contributed by atoms with Gasteiger partial charge in [-0.1, -0.05) is 13.3 Å². The summed E-state index contributed by atoms with van der Waals surface area (Å²) in [5.74, 6) is 1.45. The summed E-state index contributed by atoms with van der Waals surface area (Å²) in [7, 11) is 0. The molecule has 0 atom stereocenters. The second kappa shape index (κ2) is 4.42. The van der Waals surface area contributed by atoms with Gasteiger partial charge in [0.25, 0.3) is 0 Å². The third-order valence-corrected chi connectivity index (χ3v) is 3.29. The Hall–Kier alpha value is -2.30. The molecule has 2 aromatic heterocycles. The number of nitrogen functional groups attached to an aromatic ring is 2. The molecule has 0 aliphatic heterocycles. The van der Waals surface area contributed by atoms with E-state index in [9.17, 15) is 0 Å². The smallest absolute Gasteiger partial charge is 0.150 e. The molecule has 0 spiro atoms. The number of hydrogen-bond donors (Lipinski definition) is 3. The van der Waals surface area contributed by atoms with Crippen molar-refractivity contribution in [3.8, 4) is 0 Å². The Kier molecular flexibility index (Phi) is 2.74. The highest BCUT2D eigenvalue weighted by Gasteiger charge is 2.11. The number of hydrogen-bond acceptors (Lipinski definition) is 4. The van der Waals surface area contributed by atoms with Gasteiger partial charge in [-0.2, -0.15) is 0 Å². The summed E-state index contributed by atoms with van der Waals surface area (Å²) in [6, 6.07) is 5.60. The van der Waals surface area contributed by atoms with E-state index >= 15 is 0 Å². The van der Waals surface area contributed by atoms with Gasteiger partial charge >= 0.3 is 0 Å². The fourth-order valence-electron chi connectivity index (χ4n) is 2.29. The zero-order valence-electron chi connectivity index (χ0n) is 10.9. The van der Waals surface area contributed by atoms with Crippen LogP contribution in [0.15, 0.2) is 18.2 Å². The lowest BCUT2D eigenvalue weighted by Gasteiger charge is -2.01. The van der Waals surface area contributed by atoms with E-state index in [-0.39, 0.29) is 0 Å². The van der Waals surface area contributed by atoms with Crippen molar-refractivity contribution >= 4 is 33.4 Å². The summed E-state index contributed by atoms with van der Waals surface area (Å²) >= 11 is 0. The van der Waals surface area contributed by atoms with Crippen LogP contribution in [0.4, 0.5) is 11.5 Å². The number of unbranched alkanes of at least 4 members (excludes halogenated alkanes) is 1. The first-order valence-electron chi connectivity index (χ1n) is 6.52. The second-order valence-corrected chi connectivity index (χ2v) is 4.78. The molecule has 0 amide bonds. The van der Waals surface area contributed by atoms with E-state index in [4.69, 9.17) is 11.5 Å². The maximum atomic E-state index is 5.99. The number of rotatable bonds is 3. The van der Waals surface area contributed by atoms with Crippen LogP contribution < -0.4 is 11.5 Å². The molecule has 3 rings (SSSR count). The third kappa shape index (κ3) is 1.97. The van der Waals surface area contributed by atoms with Gasteiger partial charge in [-0.25, -0.2) is 9.97 Å². The topological polar surface area (TPSA) is 93.6 Å². The number of aromatic amines is 1. The first-order chi connectivity index (χ1) is 9.19. The number of fused-ring (bicyclic) bond motifs is 3. The van der Waals surface area contributed by atoms with Crippen molar-refractivity contribution in [2.75, 3.05) is 11.5 Å². The minimum Gasteiger partial charge on any atom is -0.399 e. The number of pyridine rings is 1. The first-order valence-corrected chi connectivity index (χ1v) is 6.52. The molecule has 0 unspecified atom stereocenters. The third-order valence-electron chi connectivity index (χ3n) is 3.29. The van der Waals surface area contributed by atoms with E-state index in [1.165, 1.54) is 0 Å². The Morgan fingerprint density at radius 3 is 2.84 bits per heavy atom. The summed E-state index contributed by atoms with van der Waals surface area (Å²) in [6.07, 6.45) is 3.17. The molecule has 19 heavy (non-hydrogen) atoms. The van der Waals surface area contributed by atoms with Crippen molar-refractivity contribution < 1.29 is 0 Å². The summed E-state index contributed by atoms with van der Waals surface area (Å²) in [4.78, 5) is 12.3. The van der Waals surface area contributed by atoms with Crippen LogP contribution in [0.25, 0.3) is 21.9 Å². The fourth-order valence-corrected chi connectivity index (χ4v) is 2.29. The molecule has 3 aromatic rings. The van der Waals surface area contributed by atoms with Gasteiger partial charge in [0, 0.05) is 17.5 Å². The van der Waals surface area contributed by atoms with E-state index in [0.717, 1.165) is 47.0 Å². The van der Waals surface area contributed by atoms with Gasteiger partial charge in [0.2, 0.25) is 0 Å². The Bertz CT molecular complexity index is 744. The average molecular weight is 255 g/mol. The molecule has 5 N–H and O–H groups in total. The van der Waals surface area contributed by atoms with E-state index in [0.29, 0.717) is 11.5 Å². The lowest BCUT2D eigenvalue weighted by Crippen LogP contribution is -1.94. The van der Waals surface area contributed by atoms with Crippen LogP contribution in [0.3, 0.4) is 0 Å². The second-order valence-electron chi connectivity index (χ2n) is 4.78. The van der Waals surface area contributed by atoms with Crippen molar-refractivity contribution in [1.82, 2.24) is 15.0 Å². The number of H-pyrrole nitrogens is 1. The molecule has 5 nitrogen and oxygen atoms in total. The standard InChI is InChI=1S/C14H17N5/c1-2-3-4-11-18-12-9-7-8(15)5-6-10(9)17-14(16)13(12)19-11/h5-7H,2-4,15H2,1H3,(H2,16,17)(H,18,19). The molecular weight excluding hydrogens is 238 g/mol. The van der Waals surface area contributed by atoms with Gasteiger partial charge in [0.05, 0.1) is 5.52 Å². The minimum atomic E-state index is 0.488. The van der Waals surface area contributed by atoms with Crippen molar-refractivity contribution in [1.29, 1.82) is 0 Å². The molecular formula is C14H17N5. The highest BCUT2D eigenvalue weighted by molar-refractivity contribution is 6.07. The van der Waals surface area contributed by atoms with Gasteiger partial charge in [-0.05, 0) is 24.6 Å². The summed E-state index contributed by atoms with van der Waals surface area (Å²) in [5.41, 5.74) is 15.0. The van der Waals surface area contributed by atoms with Crippen molar-refractivity contribution in [2.45, 2.75) is 26.2 Å². The van der Waals surface area contributed by atoms with E-state index in [1.54, 1.807) is 0 Å². The summed E-state index contributed by atoms with van der Waals surface area (Å²) in [6.45, 7) is 2.16. The van der Waals surface area contributed by atoms with E-state index in [1.807, 2.05) is 18.2 Å². The quantitative estimate of drug-likeness (QED) is 0.627. The summed E-state index contributed by atoms with van der Waals surface area (Å²) in [5, 5.41) is 0.947. The van der Waals surface area contributed by atoms with Gasteiger partial charge < -0.3 is 16.5 Å². The molecule has 2 heterocycles. The zero-order chi connectivity index (χ0) is 13.4. The maximum absolute atomic E-state index is 5.99. The van der Waals surface area contributed by atoms with Crippen LogP contribution in [0.1, 0.15) is 25.6 Å². The highest BCUT2D eigenvalue weighted by Crippen LogP contribution is 2.27. The van der Waals surface area contributed by atoms with Crippen molar-refractivity contribution in [2.24, 2.45) is 0 Å². The molecule has 0 radical (unpaired) electrons. The molecule has 1 aromatic carbocycles. The maximum Gasteiger partial charge on any atom is 0.150 e. The van der Waals surface area contributed by atoms with Crippen LogP contribution in [0.5, 0.6) is 0 Å². The van der Waals surface area contributed by atoms with E-state index < -0.39 is 0 Å². The Morgan fingerprint density at radius 2 is 2.05 bits per heavy atom. The number of nitrogens with one attached hydrogen (secondary N) is 1. The molecule has 0 bridgehead atoms. The number of imidazole rings is 1. The SMILES string of the molecule is CCCCc1nc2c([nH]1)c(N)nc1ccc(N)cc12. The molecule has 0 aliphatic carbocycles. The van der Waals surface area contributed by atoms with E-state index in [2.05, 4.69) is 21.9 Å². The highest BCUT2D eigenvalue weighted by atomic mass is 15.0. The molecule has 98 valence electrons. The number of nitrogens with zero attached hydrogens (tertiary/aromatic N) is 2. The molecule has 0 saturated carbocycles. The van der Waals surface area contributed by atoms with Crippen molar-refractivity contribution in [3.63, 3.8) is 0 Å². The lowest BCUT2D eigenvalue weighted by molar-refractivity contribution is 0.765. The van der Waals surface area contributed by atoms with Crippen LogP contribution in [-0.2, 0) is 6.42 Å². The van der Waals surface area contributed by atoms with Gasteiger partial charge in [0.1, 0.15) is 22.7 Å².